The number of amides is 1. The zero-order chi connectivity index (χ0) is 32.0. The summed E-state index contributed by atoms with van der Waals surface area (Å²) in [4.78, 5) is 38.1. The summed E-state index contributed by atoms with van der Waals surface area (Å²) in [5, 5.41) is 0. The molecule has 1 saturated heterocycles. The summed E-state index contributed by atoms with van der Waals surface area (Å²) >= 11 is 0. The summed E-state index contributed by atoms with van der Waals surface area (Å²) in [6, 6.07) is 11.1. The lowest BCUT2D eigenvalue weighted by atomic mass is 9.91. The molecule has 242 valence electrons. The van der Waals surface area contributed by atoms with Gasteiger partial charge in [-0.1, -0.05) is 19.1 Å². The van der Waals surface area contributed by atoms with E-state index in [0.717, 1.165) is 56.9 Å². The van der Waals surface area contributed by atoms with Crippen LogP contribution in [-0.4, -0.2) is 66.8 Å². The Morgan fingerprint density at radius 2 is 1.49 bits per heavy atom. The van der Waals surface area contributed by atoms with E-state index >= 15 is 0 Å². The normalized spacial score (nSPS) is 15.4. The van der Waals surface area contributed by atoms with Crippen LogP contribution in [0.3, 0.4) is 0 Å². The molecule has 9 heteroatoms. The fraction of sp³-hybridized carbons (Fsp3) is 0.500. The maximum Gasteiger partial charge on any atom is 0.329 e. The van der Waals surface area contributed by atoms with Gasteiger partial charge in [0.1, 0.15) is 12.1 Å². The molecule has 2 atom stereocenters. The number of hydrogen-bond donors (Lipinski definition) is 0. The van der Waals surface area contributed by atoms with Gasteiger partial charge in [0.05, 0.1) is 27.2 Å². The first-order chi connectivity index (χ1) is 22.0. The Kier molecular flexibility index (Phi) is 13.0. The molecule has 0 saturated carbocycles. The third-order valence-corrected chi connectivity index (χ3v) is 8.57. The van der Waals surface area contributed by atoms with Gasteiger partial charge in [-0.15, -0.1) is 0 Å². The van der Waals surface area contributed by atoms with E-state index < -0.39 is 12.0 Å². The Balaban J connectivity index is 1.47. The minimum absolute atomic E-state index is 0.0851. The molecule has 9 nitrogen and oxygen atoms in total. The molecule has 3 heterocycles. The Bertz CT molecular complexity index is 1280. The lowest BCUT2D eigenvalue weighted by molar-refractivity contribution is -0.162. The topological polar surface area (TPSA) is 100 Å². The first-order valence-corrected chi connectivity index (χ1v) is 16.1. The summed E-state index contributed by atoms with van der Waals surface area (Å²) in [7, 11) is 4.67. The van der Waals surface area contributed by atoms with Crippen molar-refractivity contribution in [3.05, 3.63) is 77.9 Å². The van der Waals surface area contributed by atoms with E-state index in [1.54, 1.807) is 38.6 Å². The number of carbonyl (C=O) groups excluding carboxylic acids is 2. The highest BCUT2D eigenvalue weighted by atomic mass is 16.5. The van der Waals surface area contributed by atoms with Crippen LogP contribution in [0.1, 0.15) is 80.9 Å². The van der Waals surface area contributed by atoms with E-state index in [2.05, 4.69) is 22.1 Å². The van der Waals surface area contributed by atoms with Crippen LogP contribution in [0.4, 0.5) is 0 Å². The van der Waals surface area contributed by atoms with Gasteiger partial charge in [0.25, 0.3) is 0 Å². The van der Waals surface area contributed by atoms with Crippen LogP contribution in [0.15, 0.2) is 61.2 Å². The van der Waals surface area contributed by atoms with Crippen molar-refractivity contribution in [2.75, 3.05) is 27.9 Å². The van der Waals surface area contributed by atoms with Gasteiger partial charge in [-0.05, 0) is 105 Å². The average Bonchev–Trinajstić information content (AvgIpc) is 3.08. The Morgan fingerprint density at radius 3 is 1.98 bits per heavy atom. The summed E-state index contributed by atoms with van der Waals surface area (Å²) in [6.07, 6.45) is 14.9. The maximum absolute atomic E-state index is 14.1. The number of aryl methyl sites for hydroxylation is 2. The molecular weight excluding hydrogens is 570 g/mol. The molecule has 1 aromatic carbocycles. The first-order valence-electron chi connectivity index (χ1n) is 16.1. The van der Waals surface area contributed by atoms with Gasteiger partial charge in [0, 0.05) is 31.3 Å². The SMILES string of the molecule is CC[C@H](C(=O)N1CCCC[C@H]1C(=O)OC(CCCc1cccnc1)CCCc1cccnc1)c1cc(OC)c(OC)c(OC)c1. The Labute approximate surface area is 267 Å². The highest BCUT2D eigenvalue weighted by Crippen LogP contribution is 2.41. The monoisotopic (exact) mass is 617 g/mol. The number of ether oxygens (including phenoxy) is 4. The molecular formula is C36H47N3O6. The zero-order valence-electron chi connectivity index (χ0n) is 27.1. The van der Waals surface area contributed by atoms with Crippen molar-refractivity contribution in [1.82, 2.24) is 14.9 Å². The number of aromatic nitrogens is 2. The van der Waals surface area contributed by atoms with Crippen molar-refractivity contribution >= 4 is 11.9 Å². The quantitative estimate of drug-likeness (QED) is 0.172. The number of piperidine rings is 1. The number of carbonyl (C=O) groups is 2. The molecule has 2 aromatic heterocycles. The summed E-state index contributed by atoms with van der Waals surface area (Å²) in [5.74, 6) is 0.598. The van der Waals surface area contributed by atoms with E-state index in [1.807, 2.05) is 43.6 Å². The van der Waals surface area contributed by atoms with Gasteiger partial charge in [0.15, 0.2) is 11.5 Å². The minimum atomic E-state index is -0.610. The van der Waals surface area contributed by atoms with Gasteiger partial charge >= 0.3 is 5.97 Å². The molecule has 1 fully saturated rings. The second kappa shape index (κ2) is 17.4. The van der Waals surface area contributed by atoms with Crippen LogP contribution in [0.5, 0.6) is 17.2 Å². The van der Waals surface area contributed by atoms with E-state index in [0.29, 0.717) is 36.6 Å². The van der Waals surface area contributed by atoms with Gasteiger partial charge in [-0.25, -0.2) is 4.79 Å². The molecule has 1 aliphatic rings. The van der Waals surface area contributed by atoms with Crippen molar-refractivity contribution < 1.29 is 28.5 Å². The van der Waals surface area contributed by atoms with Gasteiger partial charge < -0.3 is 23.8 Å². The van der Waals surface area contributed by atoms with Crippen molar-refractivity contribution in [1.29, 1.82) is 0 Å². The van der Waals surface area contributed by atoms with Gasteiger partial charge in [0.2, 0.25) is 11.7 Å². The molecule has 3 aromatic rings. The molecule has 1 aliphatic heterocycles. The van der Waals surface area contributed by atoms with Crippen molar-refractivity contribution in [3.63, 3.8) is 0 Å². The molecule has 1 amide bonds. The van der Waals surface area contributed by atoms with Crippen LogP contribution >= 0.6 is 0 Å². The van der Waals surface area contributed by atoms with E-state index in [4.69, 9.17) is 18.9 Å². The Morgan fingerprint density at radius 1 is 0.889 bits per heavy atom. The Hall–Kier alpha value is -4.14. The highest BCUT2D eigenvalue weighted by molar-refractivity contribution is 5.89. The predicted molar refractivity (Wildman–Crippen MR) is 173 cm³/mol. The van der Waals surface area contributed by atoms with Crippen LogP contribution in [0.25, 0.3) is 0 Å². The second-order valence-corrected chi connectivity index (χ2v) is 11.5. The zero-order valence-corrected chi connectivity index (χ0v) is 27.1. The van der Waals surface area contributed by atoms with Crippen LogP contribution in [0, 0.1) is 0 Å². The number of likely N-dealkylation sites (tertiary alicyclic amines) is 1. The standard InChI is InChI=1S/C36H47N3O6/c1-5-30(28-22-32(42-2)34(44-4)33(23-28)43-3)35(40)39-21-7-6-18-31(39)36(41)45-29(16-8-12-26-14-10-19-37-24-26)17-9-13-27-15-11-20-38-25-27/h10-11,14-15,19-20,22-25,29-31H,5-9,12-13,16-18,21H2,1-4H3/t30-,31-/m0/s1. The molecule has 0 radical (unpaired) electrons. The fourth-order valence-electron chi connectivity index (χ4n) is 6.16. The molecule has 45 heavy (non-hydrogen) atoms. The average molecular weight is 618 g/mol. The number of rotatable bonds is 16. The number of nitrogens with zero attached hydrogens (tertiary/aromatic N) is 3. The highest BCUT2D eigenvalue weighted by Gasteiger charge is 2.37. The van der Waals surface area contributed by atoms with Crippen molar-refractivity contribution in [3.8, 4) is 17.2 Å². The largest absolute Gasteiger partial charge is 0.493 e. The molecule has 0 unspecified atom stereocenters. The number of esters is 1. The van der Waals surface area contributed by atoms with Crippen LogP contribution < -0.4 is 14.2 Å². The third-order valence-electron chi connectivity index (χ3n) is 8.57. The number of pyridine rings is 2. The first kappa shape index (κ1) is 33.7. The lowest BCUT2D eigenvalue weighted by Gasteiger charge is -2.37. The van der Waals surface area contributed by atoms with Crippen LogP contribution in [0.2, 0.25) is 0 Å². The molecule has 0 aliphatic carbocycles. The van der Waals surface area contributed by atoms with E-state index in [-0.39, 0.29) is 18.0 Å². The lowest BCUT2D eigenvalue weighted by Crippen LogP contribution is -2.50. The number of benzene rings is 1. The number of methoxy groups -OCH3 is 3. The summed E-state index contributed by atoms with van der Waals surface area (Å²) < 4.78 is 22.8. The second-order valence-electron chi connectivity index (χ2n) is 11.5. The summed E-state index contributed by atoms with van der Waals surface area (Å²) in [6.45, 7) is 2.50. The van der Waals surface area contributed by atoms with E-state index in [1.165, 1.54) is 11.1 Å². The van der Waals surface area contributed by atoms with Crippen molar-refractivity contribution in [2.45, 2.75) is 89.2 Å². The number of hydrogen-bond acceptors (Lipinski definition) is 8. The fourth-order valence-corrected chi connectivity index (χ4v) is 6.16. The van der Waals surface area contributed by atoms with Gasteiger partial charge in [-0.2, -0.15) is 0 Å². The smallest absolute Gasteiger partial charge is 0.329 e. The molecule has 0 bridgehead atoms. The van der Waals surface area contributed by atoms with E-state index in [9.17, 15) is 9.59 Å². The third kappa shape index (κ3) is 9.19. The van der Waals surface area contributed by atoms with Crippen molar-refractivity contribution in [2.24, 2.45) is 0 Å². The molecule has 0 N–H and O–H groups in total. The minimum Gasteiger partial charge on any atom is -0.493 e. The van der Waals surface area contributed by atoms with Gasteiger partial charge in [-0.3, -0.25) is 14.8 Å². The van der Waals surface area contributed by atoms with Crippen LogP contribution in [-0.2, 0) is 27.2 Å². The molecule has 0 spiro atoms. The predicted octanol–water partition coefficient (Wildman–Crippen LogP) is 6.33. The maximum atomic E-state index is 14.1. The summed E-state index contributed by atoms with van der Waals surface area (Å²) in [5.41, 5.74) is 3.09. The molecule has 4 rings (SSSR count).